The Morgan fingerprint density at radius 3 is 2.72 bits per heavy atom. The normalized spacial score (nSPS) is 20.2. The molecule has 0 aliphatic carbocycles. The number of nitrogens with zero attached hydrogens (tertiary/aromatic N) is 2. The van der Waals surface area contributed by atoms with E-state index in [2.05, 4.69) is 0 Å². The number of carbonyl (C=O) groups is 2. The van der Waals surface area contributed by atoms with Crippen molar-refractivity contribution >= 4 is 22.9 Å². The fourth-order valence-electron chi connectivity index (χ4n) is 3.47. The predicted molar refractivity (Wildman–Crippen MR) is 97.3 cm³/mol. The van der Waals surface area contributed by atoms with Gasteiger partial charge in [-0.2, -0.15) is 0 Å². The molecule has 2 amide bonds. The van der Waals surface area contributed by atoms with Crippen LogP contribution < -0.4 is 9.47 Å². The fraction of sp³-hybridized carbons (Fsp3) is 0.556. The maximum absolute atomic E-state index is 12.7. The number of carbonyl (C=O) groups excluding carboxylic acids is 2. The third kappa shape index (κ3) is 3.86. The third-order valence-electron chi connectivity index (χ3n) is 4.81. The highest BCUT2D eigenvalue weighted by molar-refractivity contribution is 8.13. The average Bonchev–Trinajstić information content (AvgIpc) is 3.28. The van der Waals surface area contributed by atoms with Crippen LogP contribution >= 0.6 is 11.8 Å². The number of rotatable bonds is 6. The van der Waals surface area contributed by atoms with Gasteiger partial charge in [-0.05, 0) is 30.5 Å². The van der Waals surface area contributed by atoms with E-state index in [9.17, 15) is 9.59 Å². The Hall–Kier alpha value is -1.89. The predicted octanol–water partition coefficient (Wildman–Crippen LogP) is 2.93. The highest BCUT2D eigenvalue weighted by Crippen LogP contribution is 2.37. The van der Waals surface area contributed by atoms with Gasteiger partial charge >= 0.3 is 0 Å². The maximum Gasteiger partial charge on any atom is 0.281 e. The molecule has 7 heteroatoms. The number of hydrogen-bond donors (Lipinski definition) is 0. The molecule has 2 fully saturated rings. The van der Waals surface area contributed by atoms with Crippen LogP contribution in [0.2, 0.25) is 0 Å². The maximum atomic E-state index is 12.7. The lowest BCUT2D eigenvalue weighted by atomic mass is 10.0. The zero-order valence-electron chi connectivity index (χ0n) is 14.7. The van der Waals surface area contributed by atoms with E-state index in [1.807, 2.05) is 23.1 Å². The highest BCUT2D eigenvalue weighted by atomic mass is 32.2. The molecule has 0 saturated carbocycles. The van der Waals surface area contributed by atoms with E-state index in [0.29, 0.717) is 24.5 Å². The molecular weight excluding hydrogens is 340 g/mol. The van der Waals surface area contributed by atoms with Crippen molar-refractivity contribution in [2.24, 2.45) is 0 Å². The van der Waals surface area contributed by atoms with E-state index in [1.54, 1.807) is 19.1 Å². The molecule has 3 rings (SSSR count). The first-order valence-corrected chi connectivity index (χ1v) is 9.55. The van der Waals surface area contributed by atoms with E-state index in [-0.39, 0.29) is 17.2 Å². The van der Waals surface area contributed by atoms with E-state index >= 15 is 0 Å². The van der Waals surface area contributed by atoms with Gasteiger partial charge in [0, 0.05) is 31.8 Å². The quantitative estimate of drug-likeness (QED) is 0.777. The van der Waals surface area contributed by atoms with Crippen molar-refractivity contribution in [3.8, 4) is 11.5 Å². The Morgan fingerprint density at radius 1 is 1.24 bits per heavy atom. The lowest BCUT2D eigenvalue weighted by Crippen LogP contribution is -2.34. The van der Waals surface area contributed by atoms with Crippen LogP contribution in [0.3, 0.4) is 0 Å². The summed E-state index contributed by atoms with van der Waals surface area (Å²) in [4.78, 5) is 28.1. The summed E-state index contributed by atoms with van der Waals surface area (Å²) in [6.45, 7) is 2.02. The second kappa shape index (κ2) is 7.99. The number of methoxy groups -OCH3 is 2. The molecule has 0 bridgehead atoms. The van der Waals surface area contributed by atoms with Crippen LogP contribution in [-0.4, -0.2) is 60.6 Å². The number of benzene rings is 1. The number of thioether (sulfide) groups is 1. The van der Waals surface area contributed by atoms with Gasteiger partial charge in [0.2, 0.25) is 5.91 Å². The van der Waals surface area contributed by atoms with Gasteiger partial charge in [0.25, 0.3) is 5.24 Å². The first-order chi connectivity index (χ1) is 12.1. The minimum absolute atomic E-state index is 0.0657. The van der Waals surface area contributed by atoms with Gasteiger partial charge in [0.1, 0.15) is 0 Å². The number of ether oxygens (including phenoxy) is 2. The molecule has 2 aliphatic heterocycles. The van der Waals surface area contributed by atoms with E-state index in [1.165, 1.54) is 11.8 Å². The topological polar surface area (TPSA) is 59.1 Å². The molecule has 1 aromatic carbocycles. The Morgan fingerprint density at radius 2 is 2.04 bits per heavy atom. The van der Waals surface area contributed by atoms with Crippen molar-refractivity contribution in [1.82, 2.24) is 9.80 Å². The minimum atomic E-state index is 0.0657. The van der Waals surface area contributed by atoms with Crippen molar-refractivity contribution in [1.29, 1.82) is 0 Å². The summed E-state index contributed by atoms with van der Waals surface area (Å²) >= 11 is 1.33. The van der Waals surface area contributed by atoms with Crippen molar-refractivity contribution in [3.05, 3.63) is 23.8 Å². The average molecular weight is 364 g/mol. The van der Waals surface area contributed by atoms with Crippen LogP contribution in [0.15, 0.2) is 18.2 Å². The van der Waals surface area contributed by atoms with Crippen LogP contribution in [0.4, 0.5) is 4.79 Å². The van der Waals surface area contributed by atoms with Gasteiger partial charge in [0.05, 0.1) is 20.3 Å². The van der Waals surface area contributed by atoms with Gasteiger partial charge in [-0.25, -0.2) is 0 Å². The largest absolute Gasteiger partial charge is 0.493 e. The molecule has 2 heterocycles. The van der Waals surface area contributed by atoms with Gasteiger partial charge in [-0.3, -0.25) is 9.59 Å². The molecule has 2 aliphatic rings. The molecule has 1 aromatic rings. The van der Waals surface area contributed by atoms with E-state index in [4.69, 9.17) is 9.47 Å². The minimum Gasteiger partial charge on any atom is -0.493 e. The van der Waals surface area contributed by atoms with Crippen molar-refractivity contribution in [2.75, 3.05) is 39.6 Å². The Labute approximate surface area is 152 Å². The van der Waals surface area contributed by atoms with Crippen LogP contribution in [0.25, 0.3) is 0 Å². The lowest BCUT2D eigenvalue weighted by Gasteiger charge is -2.26. The zero-order valence-corrected chi connectivity index (χ0v) is 15.5. The smallest absolute Gasteiger partial charge is 0.281 e. The van der Waals surface area contributed by atoms with Gasteiger partial charge < -0.3 is 19.3 Å². The molecular formula is C18H24N2O4S. The van der Waals surface area contributed by atoms with Crippen molar-refractivity contribution in [3.63, 3.8) is 0 Å². The molecule has 0 N–H and O–H groups in total. The number of hydrogen-bond acceptors (Lipinski definition) is 5. The molecule has 6 nitrogen and oxygen atoms in total. The first-order valence-electron chi connectivity index (χ1n) is 8.57. The molecule has 0 aromatic heterocycles. The van der Waals surface area contributed by atoms with E-state index < -0.39 is 0 Å². The zero-order chi connectivity index (χ0) is 17.8. The van der Waals surface area contributed by atoms with Gasteiger partial charge in [0.15, 0.2) is 11.5 Å². The summed E-state index contributed by atoms with van der Waals surface area (Å²) in [5.74, 6) is 2.30. The lowest BCUT2D eigenvalue weighted by molar-refractivity contribution is -0.132. The second-order valence-electron chi connectivity index (χ2n) is 6.21. The second-order valence-corrected chi connectivity index (χ2v) is 7.26. The Kier molecular flexibility index (Phi) is 5.73. The van der Waals surface area contributed by atoms with E-state index in [0.717, 1.165) is 37.2 Å². The molecule has 25 heavy (non-hydrogen) atoms. The standard InChI is InChI=1S/C18H24N2O4S/c1-23-15-6-5-13(12-16(15)24-2)14-4-3-8-20(14)17(21)7-9-19-10-11-25-18(19)22/h5-6,12,14H,3-4,7-11H2,1-2H3. The molecule has 0 radical (unpaired) electrons. The van der Waals surface area contributed by atoms with Gasteiger partial charge in [-0.15, -0.1) is 0 Å². The Bertz CT molecular complexity index is 652. The number of likely N-dealkylation sites (tertiary alicyclic amines) is 1. The van der Waals surface area contributed by atoms with Crippen LogP contribution in [0, 0.1) is 0 Å². The summed E-state index contributed by atoms with van der Waals surface area (Å²) in [7, 11) is 3.23. The van der Waals surface area contributed by atoms with Crippen LogP contribution in [0.1, 0.15) is 30.9 Å². The molecule has 1 unspecified atom stereocenters. The monoisotopic (exact) mass is 364 g/mol. The highest BCUT2D eigenvalue weighted by Gasteiger charge is 2.31. The van der Waals surface area contributed by atoms with Gasteiger partial charge in [-0.1, -0.05) is 17.8 Å². The van der Waals surface area contributed by atoms with Crippen LogP contribution in [0.5, 0.6) is 11.5 Å². The summed E-state index contributed by atoms with van der Waals surface area (Å²) in [6.07, 6.45) is 2.32. The summed E-state index contributed by atoms with van der Waals surface area (Å²) < 4.78 is 10.7. The molecule has 0 spiro atoms. The third-order valence-corrected chi connectivity index (χ3v) is 5.70. The molecule has 2 saturated heterocycles. The molecule has 136 valence electrons. The van der Waals surface area contributed by atoms with Crippen molar-refractivity contribution in [2.45, 2.75) is 25.3 Å². The summed E-state index contributed by atoms with van der Waals surface area (Å²) in [5, 5.41) is 0.0886. The van der Waals surface area contributed by atoms with Crippen molar-refractivity contribution < 1.29 is 19.1 Å². The molecule has 1 atom stereocenters. The number of amides is 2. The first kappa shape index (κ1) is 17.9. The SMILES string of the molecule is COc1ccc(C2CCCN2C(=O)CCN2CCSC2=O)cc1OC. The summed E-state index contributed by atoms with van der Waals surface area (Å²) in [6, 6.07) is 5.90. The fourth-order valence-corrected chi connectivity index (χ4v) is 4.33. The Balaban J connectivity index is 1.67. The van der Waals surface area contributed by atoms with Crippen LogP contribution in [-0.2, 0) is 4.79 Å². The summed E-state index contributed by atoms with van der Waals surface area (Å²) in [5.41, 5.74) is 1.07.